The molecule has 0 saturated carbocycles. The summed E-state index contributed by atoms with van der Waals surface area (Å²) in [5.41, 5.74) is 0. The Morgan fingerprint density at radius 3 is 2.75 bits per heavy atom. The summed E-state index contributed by atoms with van der Waals surface area (Å²) in [4.78, 5) is 12.0. The Balaban J connectivity index is 3.08. The van der Waals surface area contributed by atoms with Gasteiger partial charge in [0.05, 0.1) is 7.11 Å². The number of carboxylic acids is 1. The molecule has 0 fully saturated rings. The summed E-state index contributed by atoms with van der Waals surface area (Å²) in [6.07, 6.45) is 0.842. The molecule has 1 aromatic heterocycles. The maximum Gasteiger partial charge on any atom is 0.349 e. The lowest BCUT2D eigenvalue weighted by molar-refractivity contribution is 0.0699. The van der Waals surface area contributed by atoms with Gasteiger partial charge < -0.3 is 9.84 Å². The zero-order valence-corrected chi connectivity index (χ0v) is 7.77. The first-order chi connectivity index (χ1) is 5.69. The minimum absolute atomic E-state index is 0.286. The number of carbonyl (C=O) groups is 1. The number of hydrogen-bond donors (Lipinski definition) is 1. The molecule has 0 amide bonds. The van der Waals surface area contributed by atoms with Gasteiger partial charge in [-0.05, 0) is 12.5 Å². The molecule has 1 heterocycles. The van der Waals surface area contributed by atoms with Crippen molar-refractivity contribution in [2.45, 2.75) is 13.3 Å². The molecule has 3 nitrogen and oxygen atoms in total. The van der Waals surface area contributed by atoms with E-state index < -0.39 is 5.97 Å². The molecule has 1 aromatic rings. The van der Waals surface area contributed by atoms with Crippen LogP contribution < -0.4 is 4.74 Å². The van der Waals surface area contributed by atoms with Crippen LogP contribution in [-0.4, -0.2) is 18.2 Å². The van der Waals surface area contributed by atoms with Gasteiger partial charge in [-0.1, -0.05) is 6.92 Å². The first-order valence-corrected chi connectivity index (χ1v) is 4.40. The van der Waals surface area contributed by atoms with Crippen LogP contribution in [0.25, 0.3) is 0 Å². The molecule has 0 aliphatic heterocycles. The Morgan fingerprint density at radius 1 is 1.75 bits per heavy atom. The van der Waals surface area contributed by atoms with Gasteiger partial charge in [0.15, 0.2) is 4.88 Å². The van der Waals surface area contributed by atoms with Crippen LogP contribution in [0.5, 0.6) is 5.75 Å². The Bertz CT molecular complexity index is 290. The Labute approximate surface area is 74.6 Å². The maximum atomic E-state index is 10.6. The van der Waals surface area contributed by atoms with Crippen LogP contribution in [0.1, 0.15) is 21.5 Å². The monoisotopic (exact) mass is 186 g/mol. The lowest BCUT2D eigenvalue weighted by Gasteiger charge is -1.94. The molecule has 12 heavy (non-hydrogen) atoms. The fourth-order valence-electron chi connectivity index (χ4n) is 0.898. The fraction of sp³-hybridized carbons (Fsp3) is 0.375. The second-order valence-corrected chi connectivity index (χ2v) is 3.41. The normalized spacial score (nSPS) is 9.83. The van der Waals surface area contributed by atoms with E-state index >= 15 is 0 Å². The van der Waals surface area contributed by atoms with E-state index in [4.69, 9.17) is 9.84 Å². The average Bonchev–Trinajstić information content (AvgIpc) is 2.47. The summed E-state index contributed by atoms with van der Waals surface area (Å²) < 4.78 is 4.92. The molecule has 0 bridgehead atoms. The smallest absolute Gasteiger partial charge is 0.349 e. The lowest BCUT2D eigenvalue weighted by Crippen LogP contribution is -1.94. The quantitative estimate of drug-likeness (QED) is 0.785. The van der Waals surface area contributed by atoms with Crippen molar-refractivity contribution >= 4 is 17.3 Å². The topological polar surface area (TPSA) is 46.5 Å². The molecular formula is C8H10O3S. The van der Waals surface area contributed by atoms with E-state index in [1.807, 2.05) is 6.92 Å². The van der Waals surface area contributed by atoms with Crippen LogP contribution in [-0.2, 0) is 6.42 Å². The predicted octanol–water partition coefficient (Wildman–Crippen LogP) is 2.02. The van der Waals surface area contributed by atoms with Crippen LogP contribution >= 0.6 is 11.3 Å². The molecule has 66 valence electrons. The standard InChI is InChI=1S/C8H10O3S/c1-3-5-4-6(11-2)7(12-5)8(9)10/h4H,3H2,1-2H3,(H,9,10). The van der Waals surface area contributed by atoms with Gasteiger partial charge in [-0.2, -0.15) is 0 Å². The minimum Gasteiger partial charge on any atom is -0.495 e. The first-order valence-electron chi connectivity index (χ1n) is 3.59. The van der Waals surface area contributed by atoms with Gasteiger partial charge in [0, 0.05) is 4.88 Å². The average molecular weight is 186 g/mol. The molecule has 0 aromatic carbocycles. The Morgan fingerprint density at radius 2 is 2.42 bits per heavy atom. The third kappa shape index (κ3) is 1.58. The van der Waals surface area contributed by atoms with Gasteiger partial charge in [0.2, 0.25) is 0 Å². The summed E-state index contributed by atoms with van der Waals surface area (Å²) in [5, 5.41) is 8.74. The second-order valence-electron chi connectivity index (χ2n) is 2.27. The van der Waals surface area contributed by atoms with Crippen LogP contribution in [0.4, 0.5) is 0 Å². The van der Waals surface area contributed by atoms with Crippen molar-refractivity contribution in [1.29, 1.82) is 0 Å². The van der Waals surface area contributed by atoms with Crippen molar-refractivity contribution < 1.29 is 14.6 Å². The van der Waals surface area contributed by atoms with Crippen molar-refractivity contribution in [2.24, 2.45) is 0 Å². The molecule has 0 atom stereocenters. The number of hydrogen-bond acceptors (Lipinski definition) is 3. The van der Waals surface area contributed by atoms with Crippen LogP contribution in [0.3, 0.4) is 0 Å². The molecule has 4 heteroatoms. The lowest BCUT2D eigenvalue weighted by atomic mass is 10.3. The number of thiophene rings is 1. The molecular weight excluding hydrogens is 176 g/mol. The van der Waals surface area contributed by atoms with Crippen molar-refractivity contribution in [1.82, 2.24) is 0 Å². The van der Waals surface area contributed by atoms with E-state index in [0.717, 1.165) is 11.3 Å². The molecule has 0 spiro atoms. The molecule has 0 unspecified atom stereocenters. The number of aromatic carboxylic acids is 1. The number of aryl methyl sites for hydroxylation is 1. The van der Waals surface area contributed by atoms with Gasteiger partial charge in [-0.25, -0.2) is 4.79 Å². The van der Waals surface area contributed by atoms with E-state index in [1.165, 1.54) is 18.4 Å². The Hall–Kier alpha value is -1.03. The van der Waals surface area contributed by atoms with E-state index in [2.05, 4.69) is 0 Å². The van der Waals surface area contributed by atoms with Crippen molar-refractivity contribution in [3.05, 3.63) is 15.8 Å². The number of methoxy groups -OCH3 is 1. The molecule has 0 aliphatic rings. The van der Waals surface area contributed by atoms with Crippen molar-refractivity contribution in [3.8, 4) is 5.75 Å². The van der Waals surface area contributed by atoms with Gasteiger partial charge in [-0.3, -0.25) is 0 Å². The second kappa shape index (κ2) is 3.58. The highest BCUT2D eigenvalue weighted by Gasteiger charge is 2.14. The first kappa shape index (κ1) is 9.06. The number of ether oxygens (including phenoxy) is 1. The van der Waals surface area contributed by atoms with Crippen molar-refractivity contribution in [2.75, 3.05) is 7.11 Å². The Kier molecular flexibility index (Phi) is 2.70. The fourth-order valence-corrected chi connectivity index (χ4v) is 1.80. The number of rotatable bonds is 3. The highest BCUT2D eigenvalue weighted by Crippen LogP contribution is 2.29. The van der Waals surface area contributed by atoms with Gasteiger partial charge in [-0.15, -0.1) is 11.3 Å². The predicted molar refractivity (Wildman–Crippen MR) is 47.2 cm³/mol. The highest BCUT2D eigenvalue weighted by molar-refractivity contribution is 7.14. The summed E-state index contributed by atoms with van der Waals surface area (Å²) in [5.74, 6) is -0.458. The molecule has 0 saturated heterocycles. The maximum absolute atomic E-state index is 10.6. The van der Waals surface area contributed by atoms with E-state index in [-0.39, 0.29) is 4.88 Å². The summed E-state index contributed by atoms with van der Waals surface area (Å²) in [6, 6.07) is 1.77. The van der Waals surface area contributed by atoms with Crippen molar-refractivity contribution in [3.63, 3.8) is 0 Å². The third-order valence-electron chi connectivity index (χ3n) is 1.51. The van der Waals surface area contributed by atoms with E-state index in [1.54, 1.807) is 6.07 Å². The zero-order chi connectivity index (χ0) is 9.14. The molecule has 0 radical (unpaired) electrons. The molecule has 1 N–H and O–H groups in total. The molecule has 1 rings (SSSR count). The zero-order valence-electron chi connectivity index (χ0n) is 6.96. The highest BCUT2D eigenvalue weighted by atomic mass is 32.1. The largest absolute Gasteiger partial charge is 0.495 e. The van der Waals surface area contributed by atoms with Crippen LogP contribution in [0.15, 0.2) is 6.07 Å². The summed E-state index contributed by atoms with van der Waals surface area (Å²) in [7, 11) is 1.48. The van der Waals surface area contributed by atoms with Crippen LogP contribution in [0, 0.1) is 0 Å². The SMILES string of the molecule is CCc1cc(OC)c(C(=O)O)s1. The van der Waals surface area contributed by atoms with Gasteiger partial charge in [0.1, 0.15) is 5.75 Å². The minimum atomic E-state index is -0.920. The van der Waals surface area contributed by atoms with Gasteiger partial charge in [0.25, 0.3) is 0 Å². The molecule has 0 aliphatic carbocycles. The van der Waals surface area contributed by atoms with Gasteiger partial charge >= 0.3 is 5.97 Å². The van der Waals surface area contributed by atoms with E-state index in [0.29, 0.717) is 5.75 Å². The summed E-state index contributed by atoms with van der Waals surface area (Å²) in [6.45, 7) is 1.98. The van der Waals surface area contributed by atoms with Crippen LogP contribution in [0.2, 0.25) is 0 Å². The summed E-state index contributed by atoms with van der Waals surface area (Å²) >= 11 is 1.27. The third-order valence-corrected chi connectivity index (χ3v) is 2.76. The van der Waals surface area contributed by atoms with E-state index in [9.17, 15) is 4.79 Å². The number of carboxylic acid groups (broad SMARTS) is 1.